The van der Waals surface area contributed by atoms with Crippen molar-refractivity contribution < 1.29 is 4.43 Å². The summed E-state index contributed by atoms with van der Waals surface area (Å²) in [6, 6.07) is 21.2. The molecule has 0 saturated carbocycles. The third-order valence-electron chi connectivity index (χ3n) is 5.40. The van der Waals surface area contributed by atoms with E-state index in [2.05, 4.69) is 104 Å². The molecule has 1 N–H and O–H groups in total. The molecule has 0 unspecified atom stereocenters. The molecule has 1 aromatic heterocycles. The lowest BCUT2D eigenvalue weighted by atomic mass is 10.2. The average Bonchev–Trinajstić information content (AvgIpc) is 2.97. The summed E-state index contributed by atoms with van der Waals surface area (Å²) in [5, 5.41) is 5.07. The van der Waals surface area contributed by atoms with Crippen LogP contribution in [0.25, 0.3) is 16.6 Å². The summed E-state index contributed by atoms with van der Waals surface area (Å²) >= 11 is 0. The lowest BCUT2D eigenvalue weighted by Gasteiger charge is -2.36. The Balaban J connectivity index is 1.78. The monoisotopic (exact) mass is 366 g/mol. The van der Waals surface area contributed by atoms with E-state index >= 15 is 0 Å². The molecule has 0 fully saturated rings. The number of hydrogen-bond acceptors (Lipinski definition) is 2. The molecule has 26 heavy (non-hydrogen) atoms. The van der Waals surface area contributed by atoms with Gasteiger partial charge in [0.2, 0.25) is 0 Å². The Kier molecular flexibility index (Phi) is 5.26. The molecule has 0 aliphatic rings. The fourth-order valence-electron chi connectivity index (χ4n) is 2.84. The van der Waals surface area contributed by atoms with E-state index in [-0.39, 0.29) is 5.04 Å². The number of anilines is 1. The van der Waals surface area contributed by atoms with Crippen molar-refractivity contribution in [2.75, 3.05) is 18.5 Å². The van der Waals surface area contributed by atoms with Crippen LogP contribution in [0.1, 0.15) is 20.8 Å². The van der Waals surface area contributed by atoms with E-state index in [1.807, 2.05) is 0 Å². The Morgan fingerprint density at radius 2 is 1.62 bits per heavy atom. The van der Waals surface area contributed by atoms with E-state index in [9.17, 15) is 0 Å². The minimum Gasteiger partial charge on any atom is -0.415 e. The first-order valence-corrected chi connectivity index (χ1v) is 12.2. The van der Waals surface area contributed by atoms with Crippen LogP contribution in [0.5, 0.6) is 0 Å². The van der Waals surface area contributed by atoms with Gasteiger partial charge < -0.3 is 9.74 Å². The molecule has 4 heteroatoms. The zero-order chi connectivity index (χ0) is 18.8. The quantitative estimate of drug-likeness (QED) is 0.423. The normalized spacial score (nSPS) is 12.5. The Labute approximate surface area is 158 Å². The highest BCUT2D eigenvalue weighted by atomic mass is 28.4. The highest BCUT2D eigenvalue weighted by Gasteiger charge is 2.36. The number of rotatable bonds is 6. The first-order chi connectivity index (χ1) is 12.3. The van der Waals surface area contributed by atoms with E-state index in [0.29, 0.717) is 0 Å². The lowest BCUT2D eigenvalue weighted by Crippen LogP contribution is -2.41. The SMILES string of the molecule is CC(C)(C)[Si](C)(C)OCCNc1cc2ccccc2n1-c1ccccc1. The summed E-state index contributed by atoms with van der Waals surface area (Å²) in [7, 11) is -1.70. The summed E-state index contributed by atoms with van der Waals surface area (Å²) < 4.78 is 8.58. The molecule has 3 nitrogen and oxygen atoms in total. The van der Waals surface area contributed by atoms with Crippen molar-refractivity contribution in [2.45, 2.75) is 38.9 Å². The van der Waals surface area contributed by atoms with Gasteiger partial charge in [0.05, 0.1) is 12.1 Å². The standard InChI is InChI=1S/C22H30N2OSi/c1-22(2,3)26(4,5)25-16-15-23-21-17-18-11-9-10-14-20(18)24(21)19-12-7-6-8-13-19/h6-14,17,23H,15-16H2,1-5H3. The van der Waals surface area contributed by atoms with E-state index in [0.717, 1.165) is 19.0 Å². The Morgan fingerprint density at radius 3 is 2.31 bits per heavy atom. The van der Waals surface area contributed by atoms with Gasteiger partial charge in [-0.1, -0.05) is 57.2 Å². The summed E-state index contributed by atoms with van der Waals surface area (Å²) in [6.45, 7) is 13.0. The van der Waals surface area contributed by atoms with Gasteiger partial charge in [-0.05, 0) is 42.4 Å². The van der Waals surface area contributed by atoms with Crippen molar-refractivity contribution in [1.29, 1.82) is 0 Å². The molecule has 1 heterocycles. The maximum atomic E-state index is 6.30. The van der Waals surface area contributed by atoms with E-state index in [4.69, 9.17) is 4.43 Å². The van der Waals surface area contributed by atoms with Gasteiger partial charge in [-0.3, -0.25) is 4.57 Å². The molecule has 0 amide bonds. The summed E-state index contributed by atoms with van der Waals surface area (Å²) in [5.74, 6) is 1.11. The summed E-state index contributed by atoms with van der Waals surface area (Å²) in [4.78, 5) is 0. The highest BCUT2D eigenvalue weighted by Crippen LogP contribution is 2.36. The van der Waals surface area contributed by atoms with Gasteiger partial charge in [0.25, 0.3) is 0 Å². The van der Waals surface area contributed by atoms with Crippen molar-refractivity contribution in [2.24, 2.45) is 0 Å². The predicted octanol–water partition coefficient (Wildman–Crippen LogP) is 6.06. The zero-order valence-electron chi connectivity index (χ0n) is 16.5. The van der Waals surface area contributed by atoms with Gasteiger partial charge in [-0.25, -0.2) is 0 Å². The second-order valence-corrected chi connectivity index (χ2v) is 13.1. The van der Waals surface area contributed by atoms with Crippen LogP contribution in [-0.2, 0) is 4.43 Å². The van der Waals surface area contributed by atoms with Crippen LogP contribution in [-0.4, -0.2) is 26.0 Å². The van der Waals surface area contributed by atoms with Gasteiger partial charge in [0.1, 0.15) is 5.82 Å². The lowest BCUT2D eigenvalue weighted by molar-refractivity contribution is 0.301. The molecule has 3 aromatic rings. The van der Waals surface area contributed by atoms with Gasteiger partial charge in [-0.15, -0.1) is 0 Å². The molecule has 2 aromatic carbocycles. The van der Waals surface area contributed by atoms with Gasteiger partial charge in [0.15, 0.2) is 8.32 Å². The van der Waals surface area contributed by atoms with Crippen LogP contribution in [0.2, 0.25) is 18.1 Å². The van der Waals surface area contributed by atoms with E-state index in [1.54, 1.807) is 0 Å². The minimum absolute atomic E-state index is 0.242. The number of nitrogens with one attached hydrogen (secondary N) is 1. The highest BCUT2D eigenvalue weighted by molar-refractivity contribution is 6.74. The number of benzene rings is 2. The average molecular weight is 367 g/mol. The smallest absolute Gasteiger partial charge is 0.192 e. The van der Waals surface area contributed by atoms with Crippen molar-refractivity contribution in [3.8, 4) is 5.69 Å². The van der Waals surface area contributed by atoms with Crippen LogP contribution in [0.15, 0.2) is 60.7 Å². The van der Waals surface area contributed by atoms with Gasteiger partial charge >= 0.3 is 0 Å². The molecule has 0 spiro atoms. The Morgan fingerprint density at radius 1 is 0.962 bits per heavy atom. The number of aromatic nitrogens is 1. The molecule has 138 valence electrons. The second-order valence-electron chi connectivity index (χ2n) is 8.29. The molecule has 0 aliphatic carbocycles. The molecular weight excluding hydrogens is 336 g/mol. The largest absolute Gasteiger partial charge is 0.415 e. The molecule has 0 atom stereocenters. The number of nitrogens with zero attached hydrogens (tertiary/aromatic N) is 1. The predicted molar refractivity (Wildman–Crippen MR) is 115 cm³/mol. The Hall–Kier alpha value is -2.04. The molecular formula is C22H30N2OSi. The summed E-state index contributed by atoms with van der Waals surface area (Å²) in [6.07, 6.45) is 0. The molecule has 3 rings (SSSR count). The minimum atomic E-state index is -1.70. The maximum Gasteiger partial charge on any atom is 0.192 e. The van der Waals surface area contributed by atoms with Crippen LogP contribution >= 0.6 is 0 Å². The van der Waals surface area contributed by atoms with Crippen molar-refractivity contribution in [3.05, 3.63) is 60.7 Å². The first kappa shape index (κ1) is 18.7. The van der Waals surface area contributed by atoms with Crippen molar-refractivity contribution in [1.82, 2.24) is 4.57 Å². The third-order valence-corrected chi connectivity index (χ3v) is 9.94. The maximum absolute atomic E-state index is 6.30. The van der Waals surface area contributed by atoms with Crippen LogP contribution in [0.4, 0.5) is 5.82 Å². The second kappa shape index (κ2) is 7.29. The number of fused-ring (bicyclic) bond motifs is 1. The molecule has 0 bridgehead atoms. The molecule has 0 radical (unpaired) electrons. The third kappa shape index (κ3) is 3.86. The fourth-order valence-corrected chi connectivity index (χ4v) is 3.89. The summed E-state index contributed by atoms with van der Waals surface area (Å²) in [5.41, 5.74) is 2.38. The Bertz CT molecular complexity index is 863. The van der Waals surface area contributed by atoms with Crippen LogP contribution in [0.3, 0.4) is 0 Å². The topological polar surface area (TPSA) is 26.2 Å². The zero-order valence-corrected chi connectivity index (χ0v) is 17.5. The number of hydrogen-bond donors (Lipinski definition) is 1. The van der Waals surface area contributed by atoms with Crippen LogP contribution in [0, 0.1) is 0 Å². The fraction of sp³-hybridized carbons (Fsp3) is 0.364. The van der Waals surface area contributed by atoms with Crippen molar-refractivity contribution >= 4 is 25.0 Å². The number of para-hydroxylation sites is 2. The first-order valence-electron chi connectivity index (χ1n) is 9.33. The van der Waals surface area contributed by atoms with Crippen molar-refractivity contribution in [3.63, 3.8) is 0 Å². The molecule has 0 saturated heterocycles. The molecule has 0 aliphatic heterocycles. The van der Waals surface area contributed by atoms with Gasteiger partial charge in [-0.2, -0.15) is 0 Å². The van der Waals surface area contributed by atoms with E-state index < -0.39 is 8.32 Å². The van der Waals surface area contributed by atoms with Crippen LogP contribution < -0.4 is 5.32 Å². The van der Waals surface area contributed by atoms with Gasteiger partial charge in [0, 0.05) is 17.6 Å². The van der Waals surface area contributed by atoms with E-state index in [1.165, 1.54) is 16.6 Å².